The van der Waals surface area contributed by atoms with Crippen LogP contribution in [0.5, 0.6) is 0 Å². The van der Waals surface area contributed by atoms with E-state index in [-0.39, 0.29) is 12.1 Å². The molecule has 11 heavy (non-hydrogen) atoms. The van der Waals surface area contributed by atoms with E-state index < -0.39 is 11.6 Å². The van der Waals surface area contributed by atoms with Gasteiger partial charge in [0.1, 0.15) is 6.23 Å². The Hall–Kier alpha value is -1.10. The number of hydrogen-bond acceptors (Lipinski definition) is 3. The summed E-state index contributed by atoms with van der Waals surface area (Å²) < 4.78 is 4.96. The van der Waals surface area contributed by atoms with Gasteiger partial charge >= 0.3 is 5.97 Å². The molecule has 1 saturated heterocycles. The van der Waals surface area contributed by atoms with Crippen molar-refractivity contribution in [3.8, 4) is 0 Å². The van der Waals surface area contributed by atoms with Gasteiger partial charge in [-0.15, -0.1) is 0 Å². The molecular weight excluding hydrogens is 150 g/mol. The van der Waals surface area contributed by atoms with Crippen LogP contribution >= 0.6 is 0 Å². The molecule has 2 rings (SSSR count). The van der Waals surface area contributed by atoms with E-state index in [9.17, 15) is 9.59 Å². The number of carbonyl (C=O) groups is 2. The number of aliphatic carboxylic acids is 1. The predicted molar refractivity (Wildman–Crippen MR) is 32.5 cm³/mol. The van der Waals surface area contributed by atoms with E-state index in [2.05, 4.69) is 5.32 Å². The lowest BCUT2D eigenvalue weighted by Crippen LogP contribution is -2.52. The van der Waals surface area contributed by atoms with Gasteiger partial charge in [-0.2, -0.15) is 0 Å². The number of amides is 1. The minimum atomic E-state index is -0.944. The van der Waals surface area contributed by atoms with Crippen molar-refractivity contribution in [1.29, 1.82) is 0 Å². The van der Waals surface area contributed by atoms with Crippen LogP contribution in [0.3, 0.4) is 0 Å². The molecule has 1 heterocycles. The fourth-order valence-electron chi connectivity index (χ4n) is 1.50. The van der Waals surface area contributed by atoms with Crippen LogP contribution in [-0.2, 0) is 14.3 Å². The number of nitrogens with one attached hydrogen (secondary N) is 1. The molecule has 0 bridgehead atoms. The van der Waals surface area contributed by atoms with Gasteiger partial charge in [0, 0.05) is 5.92 Å². The maximum absolute atomic E-state index is 10.5. The molecule has 2 aliphatic rings. The molecule has 1 amide bonds. The van der Waals surface area contributed by atoms with Gasteiger partial charge < -0.3 is 15.2 Å². The second-order valence-electron chi connectivity index (χ2n) is 2.83. The van der Waals surface area contributed by atoms with Crippen LogP contribution in [0.1, 0.15) is 6.42 Å². The van der Waals surface area contributed by atoms with Gasteiger partial charge in [-0.1, -0.05) is 0 Å². The number of carboxylic acids is 1. The fraction of sp³-hybridized carbons (Fsp3) is 0.667. The van der Waals surface area contributed by atoms with Gasteiger partial charge in [-0.05, 0) is 6.42 Å². The van der Waals surface area contributed by atoms with E-state index in [1.54, 1.807) is 0 Å². The molecule has 1 aliphatic carbocycles. The molecule has 0 aromatic carbocycles. The first-order valence-corrected chi connectivity index (χ1v) is 3.31. The van der Waals surface area contributed by atoms with E-state index in [1.165, 1.54) is 0 Å². The van der Waals surface area contributed by atoms with Crippen molar-refractivity contribution < 1.29 is 19.4 Å². The zero-order chi connectivity index (χ0) is 8.06. The van der Waals surface area contributed by atoms with Crippen molar-refractivity contribution in [2.75, 3.05) is 0 Å². The Morgan fingerprint density at radius 1 is 1.82 bits per heavy atom. The van der Waals surface area contributed by atoms with Gasteiger partial charge in [-0.25, -0.2) is 4.79 Å². The third kappa shape index (κ3) is 0.632. The summed E-state index contributed by atoms with van der Waals surface area (Å²) in [5, 5.41) is 11.0. The van der Waals surface area contributed by atoms with Crippen LogP contribution in [0.4, 0.5) is 0 Å². The molecule has 60 valence electrons. The van der Waals surface area contributed by atoms with Crippen molar-refractivity contribution >= 4 is 12.4 Å². The quantitative estimate of drug-likeness (QED) is 0.511. The van der Waals surface area contributed by atoms with Crippen molar-refractivity contribution in [3.63, 3.8) is 0 Å². The first-order chi connectivity index (χ1) is 5.20. The lowest BCUT2D eigenvalue weighted by molar-refractivity contribution is -0.189. The Kier molecular flexibility index (Phi) is 1.04. The molecule has 0 radical (unpaired) electrons. The van der Waals surface area contributed by atoms with Crippen molar-refractivity contribution in [2.24, 2.45) is 5.92 Å². The third-order valence-electron chi connectivity index (χ3n) is 2.26. The summed E-state index contributed by atoms with van der Waals surface area (Å²) in [5.74, 6) is -0.934. The summed E-state index contributed by atoms with van der Waals surface area (Å²) in [4.78, 5) is 20.4. The van der Waals surface area contributed by atoms with Crippen LogP contribution in [0, 0.1) is 5.92 Å². The highest BCUT2D eigenvalue weighted by Gasteiger charge is 2.75. The summed E-state index contributed by atoms with van der Waals surface area (Å²) in [5.41, 5.74) is -0.944. The summed E-state index contributed by atoms with van der Waals surface area (Å²) in [6.45, 7) is 0. The lowest BCUT2D eigenvalue weighted by atomic mass is 10.1. The highest BCUT2D eigenvalue weighted by atomic mass is 16.6. The van der Waals surface area contributed by atoms with E-state index in [4.69, 9.17) is 9.84 Å². The summed E-state index contributed by atoms with van der Waals surface area (Å²) in [6, 6.07) is 0. The number of carbonyl (C=O) groups excluding carboxylic acids is 1. The molecule has 3 unspecified atom stereocenters. The Morgan fingerprint density at radius 3 is 2.91 bits per heavy atom. The smallest absolute Gasteiger partial charge is 0.336 e. The third-order valence-corrected chi connectivity index (χ3v) is 2.26. The van der Waals surface area contributed by atoms with Crippen LogP contribution in [0.2, 0.25) is 0 Å². The van der Waals surface area contributed by atoms with Crippen molar-refractivity contribution in [3.05, 3.63) is 0 Å². The second kappa shape index (κ2) is 1.73. The van der Waals surface area contributed by atoms with Gasteiger partial charge in [0.25, 0.3) is 0 Å². The molecule has 1 aliphatic heterocycles. The highest BCUT2D eigenvalue weighted by Crippen LogP contribution is 2.59. The molecular formula is C6H7NO4. The maximum atomic E-state index is 10.5. The molecule has 3 atom stereocenters. The minimum Gasteiger partial charge on any atom is -0.479 e. The normalized spacial score (nSPS) is 45.1. The Balaban J connectivity index is 1.95. The monoisotopic (exact) mass is 157 g/mol. The molecule has 0 aromatic heterocycles. The predicted octanol–water partition coefficient (Wildman–Crippen LogP) is -1.07. The Morgan fingerprint density at radius 2 is 2.55 bits per heavy atom. The van der Waals surface area contributed by atoms with E-state index in [0.29, 0.717) is 12.8 Å². The Labute approximate surface area is 62.3 Å². The molecule has 0 spiro atoms. The van der Waals surface area contributed by atoms with Crippen molar-refractivity contribution in [1.82, 2.24) is 5.32 Å². The van der Waals surface area contributed by atoms with Crippen LogP contribution in [-0.4, -0.2) is 29.3 Å². The zero-order valence-electron chi connectivity index (χ0n) is 5.61. The molecule has 1 saturated carbocycles. The maximum Gasteiger partial charge on any atom is 0.336 e. The van der Waals surface area contributed by atoms with Gasteiger partial charge in [-0.3, -0.25) is 4.79 Å². The second-order valence-corrected chi connectivity index (χ2v) is 2.83. The zero-order valence-corrected chi connectivity index (χ0v) is 5.61. The minimum absolute atomic E-state index is 0.00907. The number of rotatable bonds is 3. The van der Waals surface area contributed by atoms with E-state index in [1.807, 2.05) is 0 Å². The lowest BCUT2D eigenvalue weighted by Gasteiger charge is -2.31. The molecule has 5 heteroatoms. The van der Waals surface area contributed by atoms with Gasteiger partial charge in [0.2, 0.25) is 6.41 Å². The van der Waals surface area contributed by atoms with Crippen molar-refractivity contribution in [2.45, 2.75) is 18.2 Å². The molecule has 2 fully saturated rings. The highest BCUT2D eigenvalue weighted by molar-refractivity contribution is 5.83. The van der Waals surface area contributed by atoms with E-state index in [0.717, 1.165) is 0 Å². The number of hydrogen-bond donors (Lipinski definition) is 2. The SMILES string of the molecule is O=CNC1OC2(C(=O)O)CC12. The standard InChI is InChI=1S/C6H7NO4/c8-2-7-4-3-1-6(3,11-4)5(9)10/h2-4H,1H2,(H,7,8)(H,9,10). The number of ether oxygens (including phenoxy) is 1. The van der Waals surface area contributed by atoms with Gasteiger partial charge in [0.15, 0.2) is 5.60 Å². The molecule has 5 nitrogen and oxygen atoms in total. The largest absolute Gasteiger partial charge is 0.479 e. The summed E-state index contributed by atoms with van der Waals surface area (Å²) in [6.07, 6.45) is 0.673. The van der Waals surface area contributed by atoms with E-state index >= 15 is 0 Å². The number of carboxylic acid groups (broad SMARTS) is 1. The van der Waals surface area contributed by atoms with Gasteiger partial charge in [0.05, 0.1) is 0 Å². The fourth-order valence-corrected chi connectivity index (χ4v) is 1.50. The Bertz CT molecular complexity index is 229. The topological polar surface area (TPSA) is 75.6 Å². The summed E-state index contributed by atoms with van der Waals surface area (Å²) >= 11 is 0. The number of fused-ring (bicyclic) bond motifs is 1. The average molecular weight is 157 g/mol. The molecule has 0 aromatic rings. The first-order valence-electron chi connectivity index (χ1n) is 3.31. The first kappa shape index (κ1) is 6.60. The average Bonchev–Trinajstić information content (AvgIpc) is 2.52. The van der Waals surface area contributed by atoms with Crippen LogP contribution in [0.15, 0.2) is 0 Å². The van der Waals surface area contributed by atoms with Crippen LogP contribution in [0.25, 0.3) is 0 Å². The molecule has 2 N–H and O–H groups in total. The van der Waals surface area contributed by atoms with Crippen LogP contribution < -0.4 is 5.32 Å². The summed E-state index contributed by atoms with van der Waals surface area (Å²) in [7, 11) is 0.